The summed E-state index contributed by atoms with van der Waals surface area (Å²) in [6, 6.07) is 12.2. The van der Waals surface area contributed by atoms with Gasteiger partial charge in [0.25, 0.3) is 0 Å². The number of hydrogen-bond acceptors (Lipinski definition) is 5. The van der Waals surface area contributed by atoms with E-state index in [-0.39, 0.29) is 17.7 Å². The molecule has 0 aliphatic carbocycles. The smallest absolute Gasteiger partial charge is 0.222 e. The number of hydrogen-bond donors (Lipinski definition) is 0. The molecule has 1 atom stereocenters. The Kier molecular flexibility index (Phi) is 7.98. The summed E-state index contributed by atoms with van der Waals surface area (Å²) in [5, 5.41) is 0. The van der Waals surface area contributed by atoms with Gasteiger partial charge >= 0.3 is 0 Å². The third-order valence-electron chi connectivity index (χ3n) is 5.76. The molecule has 0 bridgehead atoms. The number of carbonyl (C=O) groups is 2. The monoisotopic (exact) mass is 423 g/mol. The molecule has 0 spiro atoms. The van der Waals surface area contributed by atoms with Crippen LogP contribution in [-0.4, -0.2) is 71.9 Å². The topological polar surface area (TPSA) is 69.6 Å². The first-order valence-electron chi connectivity index (χ1n) is 11.0. The lowest BCUT2D eigenvalue weighted by molar-refractivity contribution is -0.132. The molecular formula is C24H33N5O2. The standard InChI is InChI=1S/C24H33N5O2/c1-19(30)28-12-13-29(24(31)11-7-10-20-8-5-4-6-9-20)17-21(16-28)14-22-15-23(27(2)3)26-18-25-22/h4-6,8-9,15,18,21H,7,10-14,16-17H2,1-3H3/t21-/m0/s1. The Morgan fingerprint density at radius 2 is 1.77 bits per heavy atom. The molecule has 0 N–H and O–H groups in total. The summed E-state index contributed by atoms with van der Waals surface area (Å²) in [5.74, 6) is 1.23. The SMILES string of the molecule is CC(=O)N1CCN(C(=O)CCCc2ccccc2)C[C@@H](Cc2cc(N(C)C)ncn2)C1. The molecule has 2 aromatic rings. The third kappa shape index (κ3) is 6.77. The van der Waals surface area contributed by atoms with E-state index in [0.29, 0.717) is 39.0 Å². The minimum Gasteiger partial charge on any atom is -0.363 e. The van der Waals surface area contributed by atoms with Gasteiger partial charge in [-0.3, -0.25) is 9.59 Å². The van der Waals surface area contributed by atoms with Crippen LogP contribution in [0.2, 0.25) is 0 Å². The van der Waals surface area contributed by atoms with E-state index in [0.717, 1.165) is 24.4 Å². The fourth-order valence-electron chi connectivity index (χ4n) is 4.03. The van der Waals surface area contributed by atoms with Gasteiger partial charge in [-0.25, -0.2) is 9.97 Å². The van der Waals surface area contributed by atoms with E-state index < -0.39 is 0 Å². The van der Waals surface area contributed by atoms with Crippen molar-refractivity contribution in [3.8, 4) is 0 Å². The van der Waals surface area contributed by atoms with Gasteiger partial charge in [0, 0.05) is 65.4 Å². The predicted molar refractivity (Wildman–Crippen MR) is 122 cm³/mol. The second kappa shape index (κ2) is 10.9. The van der Waals surface area contributed by atoms with Gasteiger partial charge in [-0.2, -0.15) is 0 Å². The minimum absolute atomic E-state index is 0.0556. The van der Waals surface area contributed by atoms with Gasteiger partial charge in [0.2, 0.25) is 11.8 Å². The molecule has 7 nitrogen and oxygen atoms in total. The molecule has 2 amide bonds. The van der Waals surface area contributed by atoms with E-state index in [1.54, 1.807) is 13.3 Å². The fourth-order valence-corrected chi connectivity index (χ4v) is 4.03. The molecule has 1 aliphatic rings. The first kappa shape index (κ1) is 22.7. The zero-order valence-corrected chi connectivity index (χ0v) is 18.8. The van der Waals surface area contributed by atoms with Crippen molar-refractivity contribution in [3.63, 3.8) is 0 Å². The highest BCUT2D eigenvalue weighted by Crippen LogP contribution is 2.18. The lowest BCUT2D eigenvalue weighted by Crippen LogP contribution is -2.36. The number of benzene rings is 1. The van der Waals surface area contributed by atoms with Crippen LogP contribution in [0.15, 0.2) is 42.7 Å². The zero-order chi connectivity index (χ0) is 22.2. The highest BCUT2D eigenvalue weighted by Gasteiger charge is 2.27. The fraction of sp³-hybridized carbons (Fsp3) is 0.500. The van der Waals surface area contributed by atoms with Gasteiger partial charge in [-0.15, -0.1) is 0 Å². The Labute approximate surface area is 185 Å². The molecule has 1 aromatic carbocycles. The summed E-state index contributed by atoms with van der Waals surface area (Å²) in [5.41, 5.74) is 2.19. The highest BCUT2D eigenvalue weighted by molar-refractivity contribution is 5.77. The maximum Gasteiger partial charge on any atom is 0.222 e. The molecule has 1 aliphatic heterocycles. The molecule has 3 rings (SSSR count). The van der Waals surface area contributed by atoms with Crippen LogP contribution < -0.4 is 4.90 Å². The Balaban J connectivity index is 1.63. The molecule has 1 fully saturated rings. The maximum absolute atomic E-state index is 12.9. The van der Waals surface area contributed by atoms with Gasteiger partial charge in [0.1, 0.15) is 12.1 Å². The largest absolute Gasteiger partial charge is 0.363 e. The molecule has 0 saturated carbocycles. The van der Waals surface area contributed by atoms with E-state index >= 15 is 0 Å². The van der Waals surface area contributed by atoms with Crippen molar-refractivity contribution in [1.29, 1.82) is 0 Å². The van der Waals surface area contributed by atoms with Crippen molar-refractivity contribution >= 4 is 17.6 Å². The van der Waals surface area contributed by atoms with Crippen molar-refractivity contribution < 1.29 is 9.59 Å². The number of aromatic nitrogens is 2. The number of anilines is 1. The van der Waals surface area contributed by atoms with Crippen LogP contribution in [0.4, 0.5) is 5.82 Å². The van der Waals surface area contributed by atoms with Crippen LogP contribution in [0.5, 0.6) is 0 Å². The average Bonchev–Trinajstić information content (AvgIpc) is 2.97. The quantitative estimate of drug-likeness (QED) is 0.684. The number of nitrogens with zero attached hydrogens (tertiary/aromatic N) is 5. The predicted octanol–water partition coefficient (Wildman–Crippen LogP) is 2.41. The zero-order valence-electron chi connectivity index (χ0n) is 18.8. The summed E-state index contributed by atoms with van der Waals surface area (Å²) < 4.78 is 0. The molecule has 2 heterocycles. The summed E-state index contributed by atoms with van der Waals surface area (Å²) in [6.07, 6.45) is 4.55. The molecule has 0 unspecified atom stereocenters. The summed E-state index contributed by atoms with van der Waals surface area (Å²) in [7, 11) is 3.90. The van der Waals surface area contributed by atoms with Crippen molar-refractivity contribution in [2.24, 2.45) is 5.92 Å². The molecule has 166 valence electrons. The Morgan fingerprint density at radius 1 is 1.06 bits per heavy atom. The van der Waals surface area contributed by atoms with Gasteiger partial charge in [-0.1, -0.05) is 30.3 Å². The Hall–Kier alpha value is -2.96. The van der Waals surface area contributed by atoms with Gasteiger partial charge in [-0.05, 0) is 30.7 Å². The van der Waals surface area contributed by atoms with Crippen molar-refractivity contribution in [1.82, 2.24) is 19.8 Å². The van der Waals surface area contributed by atoms with Crippen molar-refractivity contribution in [2.45, 2.75) is 32.6 Å². The van der Waals surface area contributed by atoms with E-state index in [1.807, 2.05) is 53.1 Å². The first-order chi connectivity index (χ1) is 14.9. The second-order valence-electron chi connectivity index (χ2n) is 8.48. The van der Waals surface area contributed by atoms with Crippen LogP contribution in [0.25, 0.3) is 0 Å². The second-order valence-corrected chi connectivity index (χ2v) is 8.48. The highest BCUT2D eigenvalue weighted by atomic mass is 16.2. The molecular weight excluding hydrogens is 390 g/mol. The molecule has 7 heteroatoms. The molecule has 1 aromatic heterocycles. The first-order valence-corrected chi connectivity index (χ1v) is 11.0. The molecule has 1 saturated heterocycles. The lowest BCUT2D eigenvalue weighted by Gasteiger charge is -2.24. The van der Waals surface area contributed by atoms with Gasteiger partial charge in [0.05, 0.1) is 0 Å². The average molecular weight is 424 g/mol. The Bertz CT molecular complexity index is 871. The van der Waals surface area contributed by atoms with Crippen LogP contribution in [0.3, 0.4) is 0 Å². The molecule has 31 heavy (non-hydrogen) atoms. The summed E-state index contributed by atoms with van der Waals surface area (Å²) >= 11 is 0. The number of aryl methyl sites for hydroxylation is 1. The van der Waals surface area contributed by atoms with E-state index in [4.69, 9.17) is 0 Å². The van der Waals surface area contributed by atoms with Crippen LogP contribution in [-0.2, 0) is 22.4 Å². The maximum atomic E-state index is 12.9. The van der Waals surface area contributed by atoms with Crippen LogP contribution in [0, 0.1) is 5.92 Å². The Morgan fingerprint density at radius 3 is 2.48 bits per heavy atom. The number of carbonyl (C=O) groups excluding carboxylic acids is 2. The lowest BCUT2D eigenvalue weighted by atomic mass is 10.0. The van der Waals surface area contributed by atoms with Crippen molar-refractivity contribution in [2.75, 3.05) is 45.2 Å². The van der Waals surface area contributed by atoms with Gasteiger partial charge in [0.15, 0.2) is 0 Å². The van der Waals surface area contributed by atoms with E-state index in [2.05, 4.69) is 22.1 Å². The summed E-state index contributed by atoms with van der Waals surface area (Å²) in [4.78, 5) is 39.5. The minimum atomic E-state index is 0.0556. The number of amides is 2. The van der Waals surface area contributed by atoms with E-state index in [9.17, 15) is 9.59 Å². The van der Waals surface area contributed by atoms with E-state index in [1.165, 1.54) is 5.56 Å². The van der Waals surface area contributed by atoms with Crippen molar-refractivity contribution in [3.05, 3.63) is 54.0 Å². The van der Waals surface area contributed by atoms with Gasteiger partial charge < -0.3 is 14.7 Å². The molecule has 0 radical (unpaired) electrons. The normalized spacial score (nSPS) is 16.7. The third-order valence-corrected chi connectivity index (χ3v) is 5.76. The van der Waals surface area contributed by atoms with Crippen LogP contribution >= 0.6 is 0 Å². The summed E-state index contributed by atoms with van der Waals surface area (Å²) in [6.45, 7) is 4.07. The van der Waals surface area contributed by atoms with Crippen LogP contribution in [0.1, 0.15) is 31.0 Å². The number of rotatable bonds is 7.